The van der Waals surface area contributed by atoms with E-state index in [1.165, 1.54) is 11.3 Å². The lowest BCUT2D eigenvalue weighted by Gasteiger charge is -2.06. The van der Waals surface area contributed by atoms with E-state index in [0.29, 0.717) is 22.7 Å². The molecule has 8 heteroatoms. The minimum atomic E-state index is -0.347. The van der Waals surface area contributed by atoms with Crippen molar-refractivity contribution >= 4 is 44.6 Å². The minimum Gasteiger partial charge on any atom is -0.361 e. The van der Waals surface area contributed by atoms with E-state index >= 15 is 0 Å². The number of aromatic nitrogens is 1. The van der Waals surface area contributed by atoms with Crippen LogP contribution in [0.5, 0.6) is 0 Å². The smallest absolute Gasteiger partial charge is 0.277 e. The van der Waals surface area contributed by atoms with E-state index in [0.717, 1.165) is 15.6 Å². The first kappa shape index (κ1) is 19.5. The van der Waals surface area contributed by atoms with Gasteiger partial charge in [-0.05, 0) is 37.6 Å². The first-order valence-corrected chi connectivity index (χ1v) is 10.0. The molecule has 4 aromatic rings. The Kier molecular flexibility index (Phi) is 5.40. The van der Waals surface area contributed by atoms with Crippen LogP contribution in [0.25, 0.3) is 10.1 Å². The molecular weight excluding hydrogens is 400 g/mol. The van der Waals surface area contributed by atoms with Crippen LogP contribution in [-0.2, 0) is 0 Å². The fourth-order valence-electron chi connectivity index (χ4n) is 2.88. The van der Waals surface area contributed by atoms with Crippen molar-refractivity contribution in [3.05, 3.63) is 82.6 Å². The molecule has 2 heterocycles. The van der Waals surface area contributed by atoms with Crippen LogP contribution >= 0.6 is 11.3 Å². The summed E-state index contributed by atoms with van der Waals surface area (Å²) in [5.41, 5.74) is 5.52. The summed E-state index contributed by atoms with van der Waals surface area (Å²) in [6, 6.07) is 16.5. The third-order valence-electron chi connectivity index (χ3n) is 4.47. The maximum atomic E-state index is 12.5. The molecule has 0 unspecified atom stereocenters. The first-order chi connectivity index (χ1) is 14.5. The number of carbonyl (C=O) groups is 2. The van der Waals surface area contributed by atoms with E-state index in [-0.39, 0.29) is 17.5 Å². The molecule has 0 aliphatic rings. The molecule has 0 radical (unpaired) electrons. The monoisotopic (exact) mass is 418 g/mol. The highest BCUT2D eigenvalue weighted by molar-refractivity contribution is 7.17. The summed E-state index contributed by atoms with van der Waals surface area (Å²) < 4.78 is 5.97. The van der Waals surface area contributed by atoms with Gasteiger partial charge in [-0.15, -0.1) is 11.3 Å². The van der Waals surface area contributed by atoms with Crippen LogP contribution < -0.4 is 10.7 Å². The number of aryl methyl sites for hydroxylation is 1. The highest BCUT2D eigenvalue weighted by Gasteiger charge is 2.12. The van der Waals surface area contributed by atoms with E-state index in [1.54, 1.807) is 32.0 Å². The van der Waals surface area contributed by atoms with E-state index in [2.05, 4.69) is 21.0 Å². The first-order valence-electron chi connectivity index (χ1n) is 9.17. The van der Waals surface area contributed by atoms with Gasteiger partial charge in [0.2, 0.25) is 0 Å². The molecule has 30 heavy (non-hydrogen) atoms. The highest BCUT2D eigenvalue weighted by atomic mass is 32.1. The van der Waals surface area contributed by atoms with E-state index in [9.17, 15) is 9.59 Å². The molecule has 4 rings (SSSR count). The Morgan fingerprint density at radius 3 is 2.57 bits per heavy atom. The van der Waals surface area contributed by atoms with Gasteiger partial charge in [-0.25, -0.2) is 5.43 Å². The number of nitrogens with zero attached hydrogens (tertiary/aromatic N) is 2. The van der Waals surface area contributed by atoms with Gasteiger partial charge in [0.25, 0.3) is 11.8 Å². The average molecular weight is 418 g/mol. The Morgan fingerprint density at radius 2 is 1.83 bits per heavy atom. The summed E-state index contributed by atoms with van der Waals surface area (Å²) in [5, 5.41) is 13.4. The number of amides is 2. The molecule has 2 N–H and O–H groups in total. The maximum absolute atomic E-state index is 12.5. The third-order valence-corrected chi connectivity index (χ3v) is 5.44. The summed E-state index contributed by atoms with van der Waals surface area (Å²) in [5.74, 6) is -0.0290. The summed E-state index contributed by atoms with van der Waals surface area (Å²) in [6.45, 7) is 3.53. The average Bonchev–Trinajstić information content (AvgIpc) is 3.39. The van der Waals surface area contributed by atoms with E-state index in [4.69, 9.17) is 4.52 Å². The molecule has 0 aliphatic heterocycles. The molecule has 2 amide bonds. The van der Waals surface area contributed by atoms with Crippen LogP contribution in [0.4, 0.5) is 5.69 Å². The standard InChI is InChI=1S/C22H18N4O3S/c1-13-11-19(26-29-13)22(28)23-16-9-7-15(8-10-16)14(2)24-25-21(27)18-12-30-20-6-4-3-5-17(18)20/h3-12H,1-2H3,(H,23,28)(H,25,27). The summed E-state index contributed by atoms with van der Waals surface area (Å²) >= 11 is 1.52. The number of hydrogen-bond donors (Lipinski definition) is 2. The van der Waals surface area contributed by atoms with Crippen LogP contribution in [0.15, 0.2) is 69.6 Å². The summed E-state index contributed by atoms with van der Waals surface area (Å²) in [6.07, 6.45) is 0. The largest absolute Gasteiger partial charge is 0.361 e. The van der Waals surface area contributed by atoms with Crippen LogP contribution in [0.1, 0.15) is 39.1 Å². The predicted molar refractivity (Wildman–Crippen MR) is 117 cm³/mol. The molecule has 0 bridgehead atoms. The lowest BCUT2D eigenvalue weighted by atomic mass is 10.1. The molecule has 0 saturated carbocycles. The number of rotatable bonds is 5. The van der Waals surface area contributed by atoms with Gasteiger partial charge in [-0.2, -0.15) is 5.10 Å². The Morgan fingerprint density at radius 1 is 1.07 bits per heavy atom. The number of hydrogen-bond acceptors (Lipinski definition) is 6. The number of nitrogens with one attached hydrogen (secondary N) is 2. The van der Waals surface area contributed by atoms with Crippen LogP contribution in [0.2, 0.25) is 0 Å². The molecule has 150 valence electrons. The molecule has 2 aromatic heterocycles. The van der Waals surface area contributed by atoms with Crippen molar-refractivity contribution in [1.82, 2.24) is 10.6 Å². The second-order valence-corrected chi connectivity index (χ2v) is 7.55. The maximum Gasteiger partial charge on any atom is 0.277 e. The quantitative estimate of drug-likeness (QED) is 0.365. The Labute approximate surface area is 176 Å². The minimum absolute atomic E-state index is 0.220. The van der Waals surface area contributed by atoms with Gasteiger partial charge in [0.05, 0.1) is 11.3 Å². The Hall–Kier alpha value is -3.78. The van der Waals surface area contributed by atoms with Gasteiger partial charge >= 0.3 is 0 Å². The number of carbonyl (C=O) groups excluding carboxylic acids is 2. The molecule has 0 saturated heterocycles. The SMILES string of the molecule is CC(=NNC(=O)c1csc2ccccc12)c1ccc(NC(=O)c2cc(C)on2)cc1. The van der Waals surface area contributed by atoms with Gasteiger partial charge in [0.1, 0.15) is 5.76 Å². The van der Waals surface area contributed by atoms with Crippen molar-refractivity contribution in [3.63, 3.8) is 0 Å². The fourth-order valence-corrected chi connectivity index (χ4v) is 3.82. The highest BCUT2D eigenvalue weighted by Crippen LogP contribution is 2.25. The normalized spacial score (nSPS) is 11.5. The van der Waals surface area contributed by atoms with Crippen molar-refractivity contribution in [2.24, 2.45) is 5.10 Å². The molecule has 2 aromatic carbocycles. The second kappa shape index (κ2) is 8.30. The lowest BCUT2D eigenvalue weighted by Crippen LogP contribution is -2.19. The van der Waals surface area contributed by atoms with Crippen LogP contribution in [0, 0.1) is 6.92 Å². The van der Waals surface area contributed by atoms with Gasteiger partial charge in [-0.3, -0.25) is 9.59 Å². The van der Waals surface area contributed by atoms with Crippen molar-refractivity contribution in [1.29, 1.82) is 0 Å². The van der Waals surface area contributed by atoms with Crippen molar-refractivity contribution < 1.29 is 14.1 Å². The predicted octanol–water partition coefficient (Wildman–Crippen LogP) is 4.60. The summed E-state index contributed by atoms with van der Waals surface area (Å²) in [4.78, 5) is 24.6. The molecule has 0 aliphatic carbocycles. The number of hydrazone groups is 1. The van der Waals surface area contributed by atoms with Crippen LogP contribution in [-0.4, -0.2) is 22.7 Å². The molecule has 0 fully saturated rings. The molecule has 0 spiro atoms. The zero-order valence-electron chi connectivity index (χ0n) is 16.3. The zero-order chi connectivity index (χ0) is 21.1. The van der Waals surface area contributed by atoms with E-state index in [1.807, 2.05) is 41.8 Å². The zero-order valence-corrected chi connectivity index (χ0v) is 17.1. The Bertz CT molecular complexity index is 1250. The number of benzene rings is 2. The topological polar surface area (TPSA) is 96.6 Å². The summed E-state index contributed by atoms with van der Waals surface area (Å²) in [7, 11) is 0. The number of fused-ring (bicyclic) bond motifs is 1. The van der Waals surface area contributed by atoms with Crippen molar-refractivity contribution in [3.8, 4) is 0 Å². The lowest BCUT2D eigenvalue weighted by molar-refractivity contribution is 0.0955. The van der Waals surface area contributed by atoms with Gasteiger partial charge in [0, 0.05) is 27.2 Å². The Balaban J connectivity index is 1.41. The van der Waals surface area contributed by atoms with Crippen molar-refractivity contribution in [2.75, 3.05) is 5.32 Å². The fraction of sp³-hybridized carbons (Fsp3) is 0.0909. The molecule has 0 atom stereocenters. The molecular formula is C22H18N4O3S. The number of thiophene rings is 1. The van der Waals surface area contributed by atoms with Crippen LogP contribution in [0.3, 0.4) is 0 Å². The van der Waals surface area contributed by atoms with Crippen molar-refractivity contribution in [2.45, 2.75) is 13.8 Å². The number of anilines is 1. The van der Waals surface area contributed by atoms with Gasteiger partial charge < -0.3 is 9.84 Å². The van der Waals surface area contributed by atoms with E-state index < -0.39 is 0 Å². The van der Waals surface area contributed by atoms with Gasteiger partial charge in [0.15, 0.2) is 5.69 Å². The molecule has 7 nitrogen and oxygen atoms in total. The third kappa shape index (κ3) is 4.13. The van der Waals surface area contributed by atoms with Gasteiger partial charge in [-0.1, -0.05) is 35.5 Å². The second-order valence-electron chi connectivity index (χ2n) is 6.64.